The molecule has 2 N–H and O–H groups in total. The molecule has 138 valence electrons. The number of hydrogen-bond donors (Lipinski definition) is 2. The van der Waals surface area contributed by atoms with E-state index in [0.717, 1.165) is 12.8 Å². The highest BCUT2D eigenvalue weighted by molar-refractivity contribution is 7.98. The van der Waals surface area contributed by atoms with Crippen LogP contribution >= 0.6 is 23.5 Å². The lowest BCUT2D eigenvalue weighted by Gasteiger charge is -2.21. The van der Waals surface area contributed by atoms with E-state index in [0.29, 0.717) is 10.8 Å². The maximum atomic E-state index is 14.3. The first-order chi connectivity index (χ1) is 12.6. The molecule has 0 spiro atoms. The normalized spacial score (nSPS) is 15.0. The molecule has 1 aliphatic rings. The monoisotopic (exact) mass is 396 g/mol. The van der Waals surface area contributed by atoms with E-state index >= 15 is 0 Å². The van der Waals surface area contributed by atoms with Gasteiger partial charge in [0, 0.05) is 10.8 Å². The summed E-state index contributed by atoms with van der Waals surface area (Å²) in [6.45, 7) is 0. The van der Waals surface area contributed by atoms with Crippen LogP contribution in [0.4, 0.5) is 8.78 Å². The predicted octanol–water partition coefficient (Wildman–Crippen LogP) is 5.50. The van der Waals surface area contributed by atoms with E-state index < -0.39 is 17.5 Å². The molecule has 0 unspecified atom stereocenters. The number of hydrogen-bond acceptors (Lipinski definition) is 3. The van der Waals surface area contributed by atoms with Gasteiger partial charge in [0.25, 0.3) is 5.91 Å². The number of halogens is 3. The van der Waals surface area contributed by atoms with Crippen LogP contribution in [0.2, 0.25) is 5.02 Å². The van der Waals surface area contributed by atoms with Crippen molar-refractivity contribution in [2.24, 2.45) is 0 Å². The Hall–Kier alpha value is -1.63. The summed E-state index contributed by atoms with van der Waals surface area (Å²) in [6.07, 6.45) is 5.80. The summed E-state index contributed by atoms with van der Waals surface area (Å²) in [5.41, 5.74) is 2.86. The van der Waals surface area contributed by atoms with Crippen molar-refractivity contribution < 1.29 is 13.6 Å². The van der Waals surface area contributed by atoms with Crippen molar-refractivity contribution in [3.63, 3.8) is 0 Å². The van der Waals surface area contributed by atoms with E-state index in [1.165, 1.54) is 49.4 Å². The average Bonchev–Trinajstić information content (AvgIpc) is 2.65. The van der Waals surface area contributed by atoms with Crippen LogP contribution in [-0.4, -0.2) is 11.2 Å². The number of benzene rings is 2. The molecule has 0 aliphatic heterocycles. The lowest BCUT2D eigenvalue weighted by Crippen LogP contribution is -2.35. The average molecular weight is 397 g/mol. The van der Waals surface area contributed by atoms with E-state index in [4.69, 9.17) is 11.6 Å². The van der Waals surface area contributed by atoms with Crippen LogP contribution in [0.3, 0.4) is 0 Å². The van der Waals surface area contributed by atoms with Crippen molar-refractivity contribution in [3.8, 4) is 11.1 Å². The summed E-state index contributed by atoms with van der Waals surface area (Å²) >= 11 is 7.35. The fourth-order valence-corrected chi connectivity index (χ4v) is 4.12. The second-order valence-corrected chi connectivity index (χ2v) is 7.75. The summed E-state index contributed by atoms with van der Waals surface area (Å²) in [5.74, 6) is -1.94. The molecule has 1 amide bonds. The molecule has 0 bridgehead atoms. The molecule has 26 heavy (non-hydrogen) atoms. The van der Waals surface area contributed by atoms with Crippen LogP contribution < -0.4 is 10.3 Å². The highest BCUT2D eigenvalue weighted by atomic mass is 35.5. The minimum absolute atomic E-state index is 0.226. The summed E-state index contributed by atoms with van der Waals surface area (Å²) in [5, 5.41) is 0.207. The van der Waals surface area contributed by atoms with E-state index in [1.54, 1.807) is 18.2 Å². The van der Waals surface area contributed by atoms with Crippen molar-refractivity contribution in [1.29, 1.82) is 0 Å². The van der Waals surface area contributed by atoms with E-state index in [9.17, 15) is 13.6 Å². The van der Waals surface area contributed by atoms with Gasteiger partial charge in [-0.25, -0.2) is 8.78 Å². The second kappa shape index (κ2) is 8.84. The zero-order valence-electron chi connectivity index (χ0n) is 14.0. The number of rotatable bonds is 5. The van der Waals surface area contributed by atoms with Gasteiger partial charge in [-0.1, -0.05) is 61.0 Å². The largest absolute Gasteiger partial charge is 0.277 e. The Bertz CT molecular complexity index is 797. The molecule has 3 nitrogen and oxygen atoms in total. The Morgan fingerprint density at radius 1 is 1.12 bits per heavy atom. The van der Waals surface area contributed by atoms with E-state index in [-0.39, 0.29) is 16.1 Å². The first-order valence-electron chi connectivity index (χ1n) is 8.51. The molecule has 0 radical (unpaired) electrons. The number of carbonyl (C=O) groups is 1. The molecule has 1 fully saturated rings. The molecule has 7 heteroatoms. The first-order valence-corrected chi connectivity index (χ1v) is 9.77. The number of carbonyl (C=O) groups excluding carboxylic acids is 1. The third-order valence-electron chi connectivity index (χ3n) is 4.40. The summed E-state index contributed by atoms with van der Waals surface area (Å²) in [4.78, 5) is 15.2. The maximum Gasteiger partial charge on any atom is 0.269 e. The van der Waals surface area contributed by atoms with E-state index in [1.807, 2.05) is 0 Å². The van der Waals surface area contributed by atoms with Crippen LogP contribution in [0, 0.1) is 11.6 Å². The topological polar surface area (TPSA) is 41.1 Å². The van der Waals surface area contributed by atoms with Gasteiger partial charge in [-0.2, -0.15) is 4.83 Å². The summed E-state index contributed by atoms with van der Waals surface area (Å²) < 4.78 is 28.3. The second-order valence-electron chi connectivity index (χ2n) is 6.23. The summed E-state index contributed by atoms with van der Waals surface area (Å²) in [6, 6.07) is 8.70. The van der Waals surface area contributed by atoms with Crippen molar-refractivity contribution in [2.45, 2.75) is 37.4 Å². The molecular formula is C19H19ClF2N2OS. The SMILES string of the molecule is O=C(NNSC1CCCCC1)c1cc(-c2ccccc2F)cc(Cl)c1F. The van der Waals surface area contributed by atoms with Gasteiger partial charge in [-0.05, 0) is 36.6 Å². The van der Waals surface area contributed by atoms with Crippen LogP contribution in [0.25, 0.3) is 11.1 Å². The molecular weight excluding hydrogens is 378 g/mol. The van der Waals surface area contributed by atoms with Gasteiger partial charge in [0.1, 0.15) is 5.82 Å². The molecule has 1 saturated carbocycles. The quantitative estimate of drug-likeness (QED) is 0.518. The fourth-order valence-electron chi connectivity index (χ4n) is 3.01. The van der Waals surface area contributed by atoms with Gasteiger partial charge in [0.2, 0.25) is 0 Å². The summed E-state index contributed by atoms with van der Waals surface area (Å²) in [7, 11) is 0. The Labute approximate surface area is 160 Å². The maximum absolute atomic E-state index is 14.3. The Balaban J connectivity index is 1.74. The zero-order valence-corrected chi connectivity index (χ0v) is 15.6. The first kappa shape index (κ1) is 19.1. The fraction of sp³-hybridized carbons (Fsp3) is 0.316. The minimum Gasteiger partial charge on any atom is -0.277 e. The Kier molecular flexibility index (Phi) is 6.51. The lowest BCUT2D eigenvalue weighted by atomic mass is 10.0. The third-order valence-corrected chi connectivity index (χ3v) is 5.70. The molecule has 0 aromatic heterocycles. The predicted molar refractivity (Wildman–Crippen MR) is 102 cm³/mol. The van der Waals surface area contributed by atoms with E-state index in [2.05, 4.69) is 10.3 Å². The molecule has 0 atom stereocenters. The molecule has 0 saturated heterocycles. The van der Waals surface area contributed by atoms with Crippen LogP contribution in [0.15, 0.2) is 36.4 Å². The highest BCUT2D eigenvalue weighted by Crippen LogP contribution is 2.30. The Morgan fingerprint density at radius 2 is 1.85 bits per heavy atom. The number of nitrogens with one attached hydrogen (secondary N) is 2. The Morgan fingerprint density at radius 3 is 2.58 bits per heavy atom. The minimum atomic E-state index is -0.825. The number of hydrazine groups is 1. The molecule has 2 aromatic carbocycles. The van der Waals surface area contributed by atoms with Crippen molar-refractivity contribution in [2.75, 3.05) is 0 Å². The van der Waals surface area contributed by atoms with Crippen LogP contribution in [0.5, 0.6) is 0 Å². The molecule has 2 aromatic rings. The molecule has 1 aliphatic carbocycles. The van der Waals surface area contributed by atoms with Gasteiger partial charge < -0.3 is 0 Å². The zero-order chi connectivity index (χ0) is 18.5. The lowest BCUT2D eigenvalue weighted by molar-refractivity contribution is 0.0943. The van der Waals surface area contributed by atoms with Crippen molar-refractivity contribution in [3.05, 3.63) is 58.6 Å². The van der Waals surface area contributed by atoms with Crippen molar-refractivity contribution in [1.82, 2.24) is 10.3 Å². The third kappa shape index (κ3) is 4.55. The van der Waals surface area contributed by atoms with Gasteiger partial charge >= 0.3 is 0 Å². The van der Waals surface area contributed by atoms with Crippen LogP contribution in [0.1, 0.15) is 42.5 Å². The van der Waals surface area contributed by atoms with Gasteiger partial charge in [-0.3, -0.25) is 10.2 Å². The molecule has 3 rings (SSSR count). The van der Waals surface area contributed by atoms with Gasteiger partial charge in [0.05, 0.1) is 10.6 Å². The smallest absolute Gasteiger partial charge is 0.269 e. The van der Waals surface area contributed by atoms with Gasteiger partial charge in [0.15, 0.2) is 5.82 Å². The van der Waals surface area contributed by atoms with Crippen LogP contribution in [-0.2, 0) is 0 Å². The van der Waals surface area contributed by atoms with Crippen molar-refractivity contribution >= 4 is 29.5 Å². The standard InChI is InChI=1S/C19H19ClF2N2OS/c20-16-11-12(14-8-4-5-9-17(14)21)10-15(18(16)22)19(25)23-24-26-13-6-2-1-3-7-13/h4-5,8-11,13,24H,1-3,6-7H2,(H,23,25). The molecule has 0 heterocycles. The highest BCUT2D eigenvalue weighted by Gasteiger charge is 2.19. The van der Waals surface area contributed by atoms with Gasteiger partial charge in [-0.15, -0.1) is 0 Å². The number of amides is 1.